The highest BCUT2D eigenvalue weighted by atomic mass is 16.3. The highest BCUT2D eigenvalue weighted by Crippen LogP contribution is 2.21. The zero-order valence-corrected chi connectivity index (χ0v) is 12.7. The second-order valence-electron chi connectivity index (χ2n) is 6.09. The van der Waals surface area contributed by atoms with E-state index in [1.165, 1.54) is 6.92 Å². The summed E-state index contributed by atoms with van der Waals surface area (Å²) in [7, 11) is 0. The fourth-order valence-electron chi connectivity index (χ4n) is 3.00. The fourth-order valence-corrected chi connectivity index (χ4v) is 3.00. The summed E-state index contributed by atoms with van der Waals surface area (Å²) in [6.45, 7) is 3.84. The molecule has 4 atom stereocenters. The van der Waals surface area contributed by atoms with Crippen molar-refractivity contribution in [1.29, 1.82) is 0 Å². The van der Waals surface area contributed by atoms with Gasteiger partial charge < -0.3 is 26.4 Å². The number of nitrogens with two attached hydrogens (primary N) is 1. The Morgan fingerprint density at radius 1 is 1.32 bits per heavy atom. The second kappa shape index (κ2) is 7.06. The van der Waals surface area contributed by atoms with Crippen molar-refractivity contribution in [3.8, 4) is 0 Å². The summed E-state index contributed by atoms with van der Waals surface area (Å²) in [5, 5.41) is 15.1. The van der Waals surface area contributed by atoms with Gasteiger partial charge in [-0.25, -0.2) is 0 Å². The minimum atomic E-state index is -1.10. The van der Waals surface area contributed by atoms with E-state index in [2.05, 4.69) is 10.6 Å². The van der Waals surface area contributed by atoms with E-state index in [0.717, 1.165) is 13.0 Å². The van der Waals surface area contributed by atoms with Gasteiger partial charge in [-0.1, -0.05) is 0 Å². The molecule has 0 unspecified atom stereocenters. The van der Waals surface area contributed by atoms with Gasteiger partial charge in [0.25, 0.3) is 0 Å². The van der Waals surface area contributed by atoms with Crippen molar-refractivity contribution < 1.29 is 19.5 Å². The lowest BCUT2D eigenvalue weighted by atomic mass is 10.1. The average Bonchev–Trinajstić information content (AvgIpc) is 3.13. The van der Waals surface area contributed by atoms with Crippen LogP contribution in [-0.4, -0.2) is 66.1 Å². The maximum Gasteiger partial charge on any atom is 0.242 e. The van der Waals surface area contributed by atoms with Crippen molar-refractivity contribution in [1.82, 2.24) is 15.5 Å². The molecule has 2 aliphatic heterocycles. The van der Waals surface area contributed by atoms with Crippen LogP contribution in [-0.2, 0) is 14.4 Å². The van der Waals surface area contributed by atoms with Gasteiger partial charge in [-0.3, -0.25) is 14.4 Å². The van der Waals surface area contributed by atoms with Crippen LogP contribution in [0, 0.1) is 11.8 Å². The standard InChI is InChI=1S/C14H24N4O4/c1-8(19)11(12(15)20)17-13(21)10-3-5-18(7-10)14(22)9-2-4-16-6-9/h8-11,16,19H,2-7H2,1H3,(H2,15,20)(H,17,21)/t8-,9-,10+,11+/m1/s1. The van der Waals surface area contributed by atoms with Crippen LogP contribution in [0.1, 0.15) is 19.8 Å². The molecule has 0 spiro atoms. The molecular weight excluding hydrogens is 288 g/mol. The molecule has 2 heterocycles. The van der Waals surface area contributed by atoms with Crippen LogP contribution in [0.5, 0.6) is 0 Å². The van der Waals surface area contributed by atoms with Crippen molar-refractivity contribution in [2.45, 2.75) is 31.9 Å². The third kappa shape index (κ3) is 3.75. The normalized spacial score (nSPS) is 27.5. The molecule has 0 aromatic rings. The highest BCUT2D eigenvalue weighted by Gasteiger charge is 2.36. The smallest absolute Gasteiger partial charge is 0.242 e. The Morgan fingerprint density at radius 2 is 2.05 bits per heavy atom. The number of aliphatic hydroxyl groups is 1. The van der Waals surface area contributed by atoms with Crippen LogP contribution in [0.15, 0.2) is 0 Å². The second-order valence-corrected chi connectivity index (χ2v) is 6.09. The minimum Gasteiger partial charge on any atom is -0.391 e. The largest absolute Gasteiger partial charge is 0.391 e. The first-order valence-electron chi connectivity index (χ1n) is 7.67. The molecular formula is C14H24N4O4. The van der Waals surface area contributed by atoms with Gasteiger partial charge in [0, 0.05) is 19.6 Å². The number of nitrogens with zero attached hydrogens (tertiary/aromatic N) is 1. The van der Waals surface area contributed by atoms with Crippen LogP contribution in [0.3, 0.4) is 0 Å². The van der Waals surface area contributed by atoms with Gasteiger partial charge in [0.05, 0.1) is 17.9 Å². The molecule has 124 valence electrons. The number of carbonyl (C=O) groups is 3. The molecule has 3 amide bonds. The summed E-state index contributed by atoms with van der Waals surface area (Å²) in [4.78, 5) is 37.4. The van der Waals surface area contributed by atoms with Gasteiger partial charge in [-0.05, 0) is 26.3 Å². The molecule has 0 aromatic carbocycles. The molecule has 2 fully saturated rings. The monoisotopic (exact) mass is 312 g/mol. The molecule has 8 nitrogen and oxygen atoms in total. The number of hydrogen-bond donors (Lipinski definition) is 4. The maximum atomic E-state index is 12.3. The van der Waals surface area contributed by atoms with Crippen LogP contribution in [0.2, 0.25) is 0 Å². The van der Waals surface area contributed by atoms with Crippen molar-refractivity contribution >= 4 is 17.7 Å². The summed E-state index contributed by atoms with van der Waals surface area (Å²) >= 11 is 0. The lowest BCUT2D eigenvalue weighted by Crippen LogP contribution is -2.52. The molecule has 0 radical (unpaired) electrons. The first-order chi connectivity index (χ1) is 10.4. The molecule has 0 aromatic heterocycles. The van der Waals surface area contributed by atoms with E-state index < -0.39 is 18.1 Å². The molecule has 2 saturated heterocycles. The van der Waals surface area contributed by atoms with E-state index in [9.17, 15) is 19.5 Å². The first kappa shape index (κ1) is 16.7. The zero-order chi connectivity index (χ0) is 16.3. The highest BCUT2D eigenvalue weighted by molar-refractivity contribution is 5.89. The third-order valence-electron chi connectivity index (χ3n) is 4.37. The van der Waals surface area contributed by atoms with Crippen LogP contribution >= 0.6 is 0 Å². The topological polar surface area (TPSA) is 125 Å². The van der Waals surface area contributed by atoms with Crippen LogP contribution in [0.4, 0.5) is 0 Å². The Morgan fingerprint density at radius 3 is 2.59 bits per heavy atom. The Kier molecular flexibility index (Phi) is 5.36. The molecule has 0 bridgehead atoms. The summed E-state index contributed by atoms with van der Waals surface area (Å²) in [6.07, 6.45) is 0.339. The molecule has 2 aliphatic rings. The number of hydrogen-bond acceptors (Lipinski definition) is 5. The van der Waals surface area contributed by atoms with Gasteiger partial charge in [-0.2, -0.15) is 0 Å². The van der Waals surface area contributed by atoms with Crippen molar-refractivity contribution in [2.75, 3.05) is 26.2 Å². The number of nitrogens with one attached hydrogen (secondary N) is 2. The Bertz CT molecular complexity index is 448. The molecule has 22 heavy (non-hydrogen) atoms. The fraction of sp³-hybridized carbons (Fsp3) is 0.786. The molecule has 8 heteroatoms. The number of likely N-dealkylation sites (tertiary alicyclic amines) is 1. The number of primary amides is 1. The Balaban J connectivity index is 1.87. The quantitative estimate of drug-likeness (QED) is 0.458. The molecule has 0 saturated carbocycles. The van der Waals surface area contributed by atoms with E-state index in [-0.39, 0.29) is 23.7 Å². The van der Waals surface area contributed by atoms with E-state index in [0.29, 0.717) is 26.1 Å². The first-order valence-corrected chi connectivity index (χ1v) is 7.67. The van der Waals surface area contributed by atoms with E-state index in [4.69, 9.17) is 5.73 Å². The SMILES string of the molecule is C[C@@H](O)[C@H](NC(=O)[C@H]1CCN(C(=O)[C@@H]2CCNC2)C1)C(N)=O. The number of carbonyl (C=O) groups excluding carboxylic acids is 3. The van der Waals surface area contributed by atoms with Gasteiger partial charge in [0.1, 0.15) is 6.04 Å². The van der Waals surface area contributed by atoms with E-state index in [1.807, 2.05) is 0 Å². The molecule has 2 rings (SSSR count). The van der Waals surface area contributed by atoms with Crippen molar-refractivity contribution in [3.63, 3.8) is 0 Å². The van der Waals surface area contributed by atoms with Crippen LogP contribution < -0.4 is 16.4 Å². The average molecular weight is 312 g/mol. The zero-order valence-electron chi connectivity index (χ0n) is 12.7. The summed E-state index contributed by atoms with van der Waals surface area (Å²) in [5.41, 5.74) is 5.16. The predicted octanol–water partition coefficient (Wildman–Crippen LogP) is -2.20. The molecule has 5 N–H and O–H groups in total. The minimum absolute atomic E-state index is 0.00218. The van der Waals surface area contributed by atoms with E-state index >= 15 is 0 Å². The molecule has 0 aliphatic carbocycles. The predicted molar refractivity (Wildman–Crippen MR) is 78.5 cm³/mol. The van der Waals surface area contributed by atoms with Crippen molar-refractivity contribution in [2.24, 2.45) is 17.6 Å². The number of rotatable bonds is 5. The lowest BCUT2D eigenvalue weighted by molar-refractivity contribution is -0.135. The summed E-state index contributed by atoms with van der Waals surface area (Å²) in [6, 6.07) is -1.10. The van der Waals surface area contributed by atoms with Gasteiger partial charge in [0.15, 0.2) is 0 Å². The maximum absolute atomic E-state index is 12.3. The third-order valence-corrected chi connectivity index (χ3v) is 4.37. The number of amides is 3. The summed E-state index contributed by atoms with van der Waals surface area (Å²) in [5.74, 6) is -1.39. The Labute approximate surface area is 129 Å². The lowest BCUT2D eigenvalue weighted by Gasteiger charge is -2.22. The summed E-state index contributed by atoms with van der Waals surface area (Å²) < 4.78 is 0. The van der Waals surface area contributed by atoms with Gasteiger partial charge in [-0.15, -0.1) is 0 Å². The van der Waals surface area contributed by atoms with Gasteiger partial charge in [0.2, 0.25) is 17.7 Å². The van der Waals surface area contributed by atoms with Crippen molar-refractivity contribution in [3.05, 3.63) is 0 Å². The number of aliphatic hydroxyl groups excluding tert-OH is 1. The Hall–Kier alpha value is -1.67. The van der Waals surface area contributed by atoms with Crippen LogP contribution in [0.25, 0.3) is 0 Å². The van der Waals surface area contributed by atoms with E-state index in [1.54, 1.807) is 4.90 Å². The van der Waals surface area contributed by atoms with Gasteiger partial charge >= 0.3 is 0 Å².